The molecule has 5 aliphatic rings. The van der Waals surface area contributed by atoms with Crippen LogP contribution in [0.5, 0.6) is 40.2 Å². The first-order valence-electron chi connectivity index (χ1n) is 45.8. The molecule has 5 saturated heterocycles. The van der Waals surface area contributed by atoms with E-state index in [2.05, 4.69) is 84.9 Å². The average molecular weight is 2000 g/mol. The topological polar surface area (TPSA) is 324 Å². The number of hydrogen-bond donors (Lipinski definition) is 6. The molecule has 5 fully saturated rings. The summed E-state index contributed by atoms with van der Waals surface area (Å²) in [4.78, 5) is 96.7. The van der Waals surface area contributed by atoms with Gasteiger partial charge in [-0.3, -0.25) is 46.0 Å². The Hall–Kier alpha value is -15.5. The van der Waals surface area contributed by atoms with Crippen molar-refractivity contribution in [3.8, 4) is 96.5 Å². The number of phenols is 1. The highest BCUT2D eigenvalue weighted by Crippen LogP contribution is 2.43. The van der Waals surface area contributed by atoms with Crippen LogP contribution in [-0.2, 0) is 18.5 Å². The number of nitrogens with zero attached hydrogens (tertiary/aromatic N) is 15. The highest BCUT2D eigenvalue weighted by atomic mass is 19.4. The molecule has 0 bridgehead atoms. The van der Waals surface area contributed by atoms with E-state index >= 15 is 0 Å². The Kier molecular flexibility index (Phi) is 30.7. The number of fused-ring (bicyclic) bond motifs is 5. The van der Waals surface area contributed by atoms with Crippen LogP contribution in [-0.4, -0.2) is 225 Å². The van der Waals surface area contributed by atoms with Crippen LogP contribution in [0.2, 0.25) is 0 Å². The van der Waals surface area contributed by atoms with Crippen molar-refractivity contribution in [2.24, 2.45) is 0 Å². The van der Waals surface area contributed by atoms with Gasteiger partial charge in [0.1, 0.15) is 39.8 Å². The minimum atomic E-state index is -4.58. The number of methoxy groups -OCH3 is 6. The molecule has 754 valence electrons. The molecule has 0 spiro atoms. The van der Waals surface area contributed by atoms with E-state index in [1.54, 1.807) is 86.9 Å². The second kappa shape index (κ2) is 43.5. The number of halogens is 11. The molecule has 5 aliphatic heterocycles. The standard InChI is InChI=1S/2C21H21F3N4O2.C21H24N4O4.C20H19F3N4O2.C18H16F2N4O2/c2*1-13-11-27(8-7-25-13)15-4-6-19-26-17(10-20(29)28(19)12-15)14-3-5-18(30-2)16(9-14)21(22,23)24;1-27-17-5-4-14(10-18(17)28-2)16-12-20(26)25-13-15(24-8-6-22-7-9-24)11-19(29-3)21(25)23-16;1-29-17-4-2-13(10-15(17)20(21,22)23)16-11-19(28)27-12-14(3-5-18(27)25-16)26-8-6-24-7-9-26;19-13-7-11(8-14(20)18(13)26)15-9-17(25)24-10-12(1-2-16(24)22-15)23-5-3-21-4-6-23/h2*3-6,9-10,12-13,25H,7-8,11H2,1-2H3;4-5,10-13,22H,6-9H2,1-3H3;2-5,10-12,24H,6-9H2,1H3;1-2,7-10,21,26H,3-6H2/t2*13-;;;/m10.../s1. The van der Waals surface area contributed by atoms with Gasteiger partial charge in [-0.1, -0.05) is 0 Å². The largest absolute Gasteiger partial charge is 0.503 e. The zero-order valence-corrected chi connectivity index (χ0v) is 79.2. The summed E-state index contributed by atoms with van der Waals surface area (Å²) in [6.45, 7) is 19.6. The normalized spacial score (nSPS) is 15.8. The molecule has 0 unspecified atom stereocenters. The molecule has 32 nitrogen and oxygen atoms in total. The maximum Gasteiger partial charge on any atom is 0.419 e. The van der Waals surface area contributed by atoms with Gasteiger partial charge in [0.15, 0.2) is 40.3 Å². The van der Waals surface area contributed by atoms with Crippen LogP contribution < -0.4 is 107 Å². The number of phenolic OH excluding ortho intramolecular Hbond substituents is 1. The third-order valence-corrected chi connectivity index (χ3v) is 24.8. The van der Waals surface area contributed by atoms with E-state index in [1.165, 1.54) is 106 Å². The lowest BCUT2D eigenvalue weighted by Crippen LogP contribution is -2.49. The van der Waals surface area contributed by atoms with Gasteiger partial charge in [-0.25, -0.2) is 33.7 Å². The van der Waals surface area contributed by atoms with Gasteiger partial charge in [0.25, 0.3) is 27.8 Å². The highest BCUT2D eigenvalue weighted by Gasteiger charge is 2.38. The molecule has 6 N–H and O–H groups in total. The number of benzene rings is 5. The van der Waals surface area contributed by atoms with E-state index < -0.39 is 52.6 Å². The Labute approximate surface area is 815 Å². The number of nitrogens with one attached hydrogen (secondary N) is 5. The van der Waals surface area contributed by atoms with E-state index in [0.29, 0.717) is 63.3 Å². The Bertz CT molecular complexity index is 7370. The van der Waals surface area contributed by atoms with Crippen LogP contribution in [0.25, 0.3) is 84.5 Å². The monoisotopic (exact) mass is 1990 g/mol. The predicted octanol–water partition coefficient (Wildman–Crippen LogP) is 12.7. The van der Waals surface area contributed by atoms with Gasteiger partial charge in [-0.2, -0.15) is 39.5 Å². The predicted molar refractivity (Wildman–Crippen MR) is 525 cm³/mol. The summed E-state index contributed by atoms with van der Waals surface area (Å²) in [6, 6.07) is 41.7. The maximum atomic E-state index is 13.6. The van der Waals surface area contributed by atoms with Gasteiger partial charge in [0.05, 0.1) is 116 Å². The van der Waals surface area contributed by atoms with Crippen molar-refractivity contribution in [2.75, 3.05) is 185 Å². The first kappa shape index (κ1) is 101. The van der Waals surface area contributed by atoms with Crippen molar-refractivity contribution in [3.63, 3.8) is 0 Å². The van der Waals surface area contributed by atoms with Gasteiger partial charge in [-0.15, -0.1) is 0 Å². The van der Waals surface area contributed by atoms with E-state index in [0.717, 1.165) is 182 Å². The Morgan fingerprint density at radius 2 is 0.576 bits per heavy atom. The van der Waals surface area contributed by atoms with Crippen molar-refractivity contribution >= 4 is 56.7 Å². The number of aromatic nitrogens is 10. The number of hydrogen-bond acceptors (Lipinski definition) is 27. The van der Waals surface area contributed by atoms with Gasteiger partial charge in [0.2, 0.25) is 0 Å². The van der Waals surface area contributed by atoms with Gasteiger partial charge >= 0.3 is 18.5 Å². The number of pyridine rings is 5. The Morgan fingerprint density at radius 1 is 0.299 bits per heavy atom. The number of rotatable bonds is 16. The van der Waals surface area contributed by atoms with Crippen molar-refractivity contribution in [1.29, 1.82) is 0 Å². The van der Waals surface area contributed by atoms with E-state index in [9.17, 15) is 77.4 Å². The molecule has 0 amide bonds. The fraction of sp³-hybridized carbons (Fsp3) is 0.307. The van der Waals surface area contributed by atoms with Crippen LogP contribution >= 0.6 is 0 Å². The van der Waals surface area contributed by atoms with E-state index in [-0.39, 0.29) is 90.1 Å². The number of ether oxygens (including phenoxy) is 6. The fourth-order valence-corrected chi connectivity index (χ4v) is 17.4. The summed E-state index contributed by atoms with van der Waals surface area (Å²) >= 11 is 0. The van der Waals surface area contributed by atoms with E-state index in [4.69, 9.17) is 33.4 Å². The molecule has 2 atom stereocenters. The molecule has 43 heteroatoms. The van der Waals surface area contributed by atoms with Gasteiger partial charge < -0.3 is 84.6 Å². The maximum absolute atomic E-state index is 13.6. The fourth-order valence-electron chi connectivity index (χ4n) is 17.4. The molecule has 15 heterocycles. The molecule has 10 aromatic heterocycles. The second-order valence-electron chi connectivity index (χ2n) is 34.2. The summed E-state index contributed by atoms with van der Waals surface area (Å²) in [5, 5.41) is 25.8. The molecule has 20 rings (SSSR count). The Morgan fingerprint density at radius 3 is 0.896 bits per heavy atom. The lowest BCUT2D eigenvalue weighted by atomic mass is 10.1. The van der Waals surface area contributed by atoms with E-state index in [1.807, 2.05) is 42.6 Å². The molecule has 0 radical (unpaired) electrons. The molecule has 5 aromatic carbocycles. The minimum Gasteiger partial charge on any atom is -0.503 e. The highest BCUT2D eigenvalue weighted by molar-refractivity contribution is 5.73. The summed E-state index contributed by atoms with van der Waals surface area (Å²) < 4.78 is 185. The minimum absolute atomic E-state index is 0.0866. The van der Waals surface area contributed by atoms with Crippen LogP contribution in [0.4, 0.5) is 76.7 Å². The zero-order chi connectivity index (χ0) is 102. The zero-order valence-electron chi connectivity index (χ0n) is 79.2. The number of aromatic hydroxyl groups is 1. The summed E-state index contributed by atoms with van der Waals surface area (Å²) in [5.74, 6) is -2.34. The summed E-state index contributed by atoms with van der Waals surface area (Å²) in [5.41, 5.74) is 4.86. The van der Waals surface area contributed by atoms with Gasteiger partial charge in [0, 0.05) is 225 Å². The van der Waals surface area contributed by atoms with Crippen molar-refractivity contribution < 1.29 is 81.8 Å². The molecular formula is C101H101F11N20O12. The lowest BCUT2D eigenvalue weighted by Gasteiger charge is -2.33. The molecule has 15 aromatic rings. The number of piperazine rings is 5. The van der Waals surface area contributed by atoms with Crippen molar-refractivity contribution in [1.82, 2.24) is 73.5 Å². The van der Waals surface area contributed by atoms with Crippen LogP contribution in [0.1, 0.15) is 30.5 Å². The van der Waals surface area contributed by atoms with Gasteiger partial charge in [-0.05, 0) is 147 Å². The first-order chi connectivity index (χ1) is 69.0. The summed E-state index contributed by atoms with van der Waals surface area (Å²) in [7, 11) is 8.29. The molecular weight excluding hydrogens is 1890 g/mol. The average Bonchev–Trinajstić information content (AvgIpc) is 0.823. The number of alkyl halides is 9. The SMILES string of the molecule is COc1ccc(-c2cc(=O)n3cc(N4CCNCC4)cc(OC)c3n2)cc1OC.COc1ccc(-c2cc(=O)n3cc(N4CCNCC4)ccc3n2)cc1C(F)(F)F.COc1ccc(-c2cc(=O)n3cc(N4CCN[C@@H](C)C4)ccc3n2)cc1C(F)(F)F.COc1ccc(-c2cc(=O)n3cc(N4CCN[C@H](C)C4)ccc3n2)cc1C(F)(F)F.O=c1cc(-c2cc(F)c(O)c(F)c2)nc2ccc(N3CCNCC3)cn12. The summed E-state index contributed by atoms with van der Waals surface area (Å²) in [6.07, 6.45) is -5.02. The van der Waals surface area contributed by atoms with Crippen molar-refractivity contribution in [2.45, 2.75) is 44.5 Å². The molecule has 144 heavy (non-hydrogen) atoms. The lowest BCUT2D eigenvalue weighted by molar-refractivity contribution is -0.139. The smallest absolute Gasteiger partial charge is 0.419 e. The van der Waals surface area contributed by atoms with Crippen LogP contribution in [0.3, 0.4) is 0 Å². The molecule has 0 aliphatic carbocycles. The third-order valence-electron chi connectivity index (χ3n) is 24.8. The quantitative estimate of drug-likeness (QED) is 0.0490. The van der Waals surface area contributed by atoms with Crippen LogP contribution in [0.15, 0.2) is 225 Å². The molecule has 0 saturated carbocycles. The first-order valence-corrected chi connectivity index (χ1v) is 45.8. The Balaban J connectivity index is 0.000000129. The third kappa shape index (κ3) is 23.0. The van der Waals surface area contributed by atoms with Crippen molar-refractivity contribution in [3.05, 3.63) is 281 Å². The second-order valence-corrected chi connectivity index (χ2v) is 34.2. The number of anilines is 5. The van der Waals surface area contributed by atoms with Crippen LogP contribution in [0, 0.1) is 11.6 Å².